The summed E-state index contributed by atoms with van der Waals surface area (Å²) in [7, 11) is 2.06. The first kappa shape index (κ1) is 12.5. The SMILES string of the molecule is CCc1csc(N(C)CCOC(C)C)n1. The van der Waals surface area contributed by atoms with Gasteiger partial charge in [-0.15, -0.1) is 11.3 Å². The molecular weight excluding hydrogens is 208 g/mol. The Bertz CT molecular complexity index is 286. The molecule has 1 rings (SSSR count). The van der Waals surface area contributed by atoms with Crippen molar-refractivity contribution in [2.24, 2.45) is 0 Å². The topological polar surface area (TPSA) is 25.4 Å². The van der Waals surface area contributed by atoms with E-state index in [9.17, 15) is 0 Å². The fraction of sp³-hybridized carbons (Fsp3) is 0.727. The van der Waals surface area contributed by atoms with Crippen molar-refractivity contribution >= 4 is 16.5 Å². The van der Waals surface area contributed by atoms with Gasteiger partial charge in [-0.25, -0.2) is 4.98 Å². The molecule has 15 heavy (non-hydrogen) atoms. The zero-order chi connectivity index (χ0) is 11.3. The van der Waals surface area contributed by atoms with Crippen LogP contribution < -0.4 is 4.90 Å². The Morgan fingerprint density at radius 2 is 2.27 bits per heavy atom. The van der Waals surface area contributed by atoms with Crippen molar-refractivity contribution in [2.75, 3.05) is 25.1 Å². The molecule has 1 heterocycles. The fourth-order valence-corrected chi connectivity index (χ4v) is 2.06. The van der Waals surface area contributed by atoms with Crippen molar-refractivity contribution < 1.29 is 4.74 Å². The Morgan fingerprint density at radius 1 is 1.53 bits per heavy atom. The maximum absolute atomic E-state index is 5.50. The van der Waals surface area contributed by atoms with Crippen LogP contribution >= 0.6 is 11.3 Å². The average molecular weight is 228 g/mol. The first-order valence-corrected chi connectivity index (χ1v) is 6.28. The normalized spacial score (nSPS) is 11.0. The molecule has 0 aliphatic heterocycles. The highest BCUT2D eigenvalue weighted by molar-refractivity contribution is 7.13. The van der Waals surface area contributed by atoms with E-state index in [4.69, 9.17) is 4.74 Å². The van der Waals surface area contributed by atoms with E-state index >= 15 is 0 Å². The van der Waals surface area contributed by atoms with Crippen molar-refractivity contribution in [1.82, 2.24) is 4.98 Å². The third-order valence-electron chi connectivity index (χ3n) is 2.11. The molecule has 0 unspecified atom stereocenters. The second-order valence-corrected chi connectivity index (χ2v) is 4.65. The number of aromatic nitrogens is 1. The van der Waals surface area contributed by atoms with Crippen molar-refractivity contribution in [1.29, 1.82) is 0 Å². The molecule has 3 nitrogen and oxygen atoms in total. The van der Waals surface area contributed by atoms with Crippen LogP contribution in [-0.2, 0) is 11.2 Å². The first-order valence-electron chi connectivity index (χ1n) is 5.40. The van der Waals surface area contributed by atoms with Gasteiger partial charge in [-0.3, -0.25) is 0 Å². The van der Waals surface area contributed by atoms with E-state index in [2.05, 4.69) is 43.1 Å². The first-order chi connectivity index (χ1) is 7.13. The number of thiazole rings is 1. The van der Waals surface area contributed by atoms with E-state index in [1.807, 2.05) is 0 Å². The Labute approximate surface area is 96.1 Å². The third kappa shape index (κ3) is 4.18. The van der Waals surface area contributed by atoms with Gasteiger partial charge in [-0.05, 0) is 20.3 Å². The van der Waals surface area contributed by atoms with Crippen molar-refractivity contribution in [3.63, 3.8) is 0 Å². The minimum Gasteiger partial charge on any atom is -0.377 e. The fourth-order valence-electron chi connectivity index (χ4n) is 1.15. The van der Waals surface area contributed by atoms with E-state index in [1.54, 1.807) is 11.3 Å². The van der Waals surface area contributed by atoms with Gasteiger partial charge < -0.3 is 9.64 Å². The van der Waals surface area contributed by atoms with E-state index in [0.29, 0.717) is 6.10 Å². The van der Waals surface area contributed by atoms with Crippen LogP contribution in [0.4, 0.5) is 5.13 Å². The van der Waals surface area contributed by atoms with Crippen LogP contribution in [0.15, 0.2) is 5.38 Å². The molecule has 86 valence electrons. The molecule has 0 N–H and O–H groups in total. The summed E-state index contributed by atoms with van der Waals surface area (Å²) >= 11 is 1.70. The van der Waals surface area contributed by atoms with Gasteiger partial charge in [0.15, 0.2) is 5.13 Å². The lowest BCUT2D eigenvalue weighted by molar-refractivity contribution is 0.0846. The summed E-state index contributed by atoms with van der Waals surface area (Å²) in [6, 6.07) is 0. The quantitative estimate of drug-likeness (QED) is 0.748. The average Bonchev–Trinajstić information content (AvgIpc) is 2.65. The predicted octanol–water partition coefficient (Wildman–Crippen LogP) is 2.57. The lowest BCUT2D eigenvalue weighted by atomic mass is 10.4. The minimum atomic E-state index is 0.306. The van der Waals surface area contributed by atoms with E-state index in [1.165, 1.54) is 5.69 Å². The molecule has 0 aliphatic carbocycles. The van der Waals surface area contributed by atoms with Crippen LogP contribution in [-0.4, -0.2) is 31.3 Å². The summed E-state index contributed by atoms with van der Waals surface area (Å²) in [4.78, 5) is 6.66. The van der Waals surface area contributed by atoms with Gasteiger partial charge in [-0.2, -0.15) is 0 Å². The maximum Gasteiger partial charge on any atom is 0.185 e. The molecule has 0 aromatic carbocycles. The van der Waals surface area contributed by atoms with Gasteiger partial charge in [0.25, 0.3) is 0 Å². The molecule has 0 saturated carbocycles. The van der Waals surface area contributed by atoms with Gasteiger partial charge in [0.2, 0.25) is 0 Å². The summed E-state index contributed by atoms with van der Waals surface area (Å²) in [5, 5.41) is 3.20. The van der Waals surface area contributed by atoms with Crippen molar-refractivity contribution in [3.8, 4) is 0 Å². The van der Waals surface area contributed by atoms with E-state index in [-0.39, 0.29) is 0 Å². The Morgan fingerprint density at radius 3 is 2.80 bits per heavy atom. The predicted molar refractivity (Wildman–Crippen MR) is 65.9 cm³/mol. The number of aryl methyl sites for hydroxylation is 1. The second kappa shape index (κ2) is 6.08. The van der Waals surface area contributed by atoms with Crippen LogP contribution in [0.25, 0.3) is 0 Å². The van der Waals surface area contributed by atoms with Crippen LogP contribution in [0, 0.1) is 0 Å². The number of hydrogen-bond acceptors (Lipinski definition) is 4. The molecule has 1 aromatic rings. The summed E-state index contributed by atoms with van der Waals surface area (Å²) < 4.78 is 5.50. The Balaban J connectivity index is 2.36. The highest BCUT2D eigenvalue weighted by atomic mass is 32.1. The Kier molecular flexibility index (Phi) is 5.05. The third-order valence-corrected chi connectivity index (χ3v) is 3.11. The second-order valence-electron chi connectivity index (χ2n) is 3.82. The molecular formula is C11H20N2OS. The van der Waals surface area contributed by atoms with Gasteiger partial charge in [-0.1, -0.05) is 6.92 Å². The van der Waals surface area contributed by atoms with Gasteiger partial charge >= 0.3 is 0 Å². The number of ether oxygens (including phenoxy) is 1. The zero-order valence-electron chi connectivity index (χ0n) is 9.99. The largest absolute Gasteiger partial charge is 0.377 e. The molecule has 0 bridgehead atoms. The monoisotopic (exact) mass is 228 g/mol. The number of hydrogen-bond donors (Lipinski definition) is 0. The van der Waals surface area contributed by atoms with Gasteiger partial charge in [0, 0.05) is 19.0 Å². The lowest BCUT2D eigenvalue weighted by Gasteiger charge is -2.16. The van der Waals surface area contributed by atoms with Crippen LogP contribution in [0.1, 0.15) is 26.5 Å². The smallest absolute Gasteiger partial charge is 0.185 e. The highest BCUT2D eigenvalue weighted by Gasteiger charge is 2.06. The number of nitrogens with zero attached hydrogens (tertiary/aromatic N) is 2. The standard InChI is InChI=1S/C11H20N2OS/c1-5-10-8-15-11(12-10)13(4)6-7-14-9(2)3/h8-9H,5-7H2,1-4H3. The molecule has 0 atom stereocenters. The van der Waals surface area contributed by atoms with Gasteiger partial charge in [0.1, 0.15) is 0 Å². The molecule has 0 aliphatic rings. The van der Waals surface area contributed by atoms with Gasteiger partial charge in [0.05, 0.1) is 18.4 Å². The van der Waals surface area contributed by atoms with E-state index in [0.717, 1.165) is 24.7 Å². The summed E-state index contributed by atoms with van der Waals surface area (Å²) in [6.45, 7) is 7.89. The molecule has 0 radical (unpaired) electrons. The summed E-state index contributed by atoms with van der Waals surface area (Å²) in [6.07, 6.45) is 1.31. The number of rotatable bonds is 6. The lowest BCUT2D eigenvalue weighted by Crippen LogP contribution is -2.23. The zero-order valence-corrected chi connectivity index (χ0v) is 10.8. The van der Waals surface area contributed by atoms with Crippen LogP contribution in [0.2, 0.25) is 0 Å². The van der Waals surface area contributed by atoms with E-state index < -0.39 is 0 Å². The Hall–Kier alpha value is -0.610. The maximum atomic E-state index is 5.50. The van der Waals surface area contributed by atoms with Crippen LogP contribution in [0.5, 0.6) is 0 Å². The summed E-state index contributed by atoms with van der Waals surface area (Å²) in [5.41, 5.74) is 1.17. The highest BCUT2D eigenvalue weighted by Crippen LogP contribution is 2.19. The van der Waals surface area contributed by atoms with Crippen molar-refractivity contribution in [3.05, 3.63) is 11.1 Å². The molecule has 1 aromatic heterocycles. The molecule has 0 amide bonds. The molecule has 0 fully saturated rings. The number of likely N-dealkylation sites (N-methyl/N-ethyl adjacent to an activating group) is 1. The van der Waals surface area contributed by atoms with Crippen LogP contribution in [0.3, 0.4) is 0 Å². The summed E-state index contributed by atoms with van der Waals surface area (Å²) in [5.74, 6) is 0. The number of anilines is 1. The molecule has 0 saturated heterocycles. The molecule has 4 heteroatoms. The van der Waals surface area contributed by atoms with Crippen molar-refractivity contribution in [2.45, 2.75) is 33.3 Å². The molecule has 0 spiro atoms. The minimum absolute atomic E-state index is 0.306.